The molecular formula is C14H7FN2O4. The second kappa shape index (κ2) is 5.79. The van der Waals surface area contributed by atoms with E-state index in [1.807, 2.05) is 0 Å². The lowest BCUT2D eigenvalue weighted by Gasteiger charge is -2.08. The highest BCUT2D eigenvalue weighted by atomic mass is 19.1. The number of aldehydes is 1. The summed E-state index contributed by atoms with van der Waals surface area (Å²) < 4.78 is 18.7. The third-order valence-electron chi connectivity index (χ3n) is 2.64. The van der Waals surface area contributed by atoms with Crippen LogP contribution in [0.4, 0.5) is 10.1 Å². The summed E-state index contributed by atoms with van der Waals surface area (Å²) in [4.78, 5) is 21.1. The van der Waals surface area contributed by atoms with Gasteiger partial charge in [-0.2, -0.15) is 5.26 Å². The summed E-state index contributed by atoms with van der Waals surface area (Å²) in [5, 5.41) is 19.7. The van der Waals surface area contributed by atoms with Crippen LogP contribution < -0.4 is 4.74 Å². The molecule has 0 bridgehead atoms. The third-order valence-corrected chi connectivity index (χ3v) is 2.64. The number of benzene rings is 2. The Labute approximate surface area is 118 Å². The van der Waals surface area contributed by atoms with E-state index in [1.165, 1.54) is 24.3 Å². The van der Waals surface area contributed by atoms with Gasteiger partial charge in [0.25, 0.3) is 0 Å². The Morgan fingerprint density at radius 3 is 2.67 bits per heavy atom. The molecule has 0 aliphatic rings. The normalized spacial score (nSPS) is 9.71. The fourth-order valence-corrected chi connectivity index (χ4v) is 1.65. The van der Waals surface area contributed by atoms with Crippen LogP contribution in [0.2, 0.25) is 0 Å². The summed E-state index contributed by atoms with van der Waals surface area (Å²) in [7, 11) is 0. The predicted molar refractivity (Wildman–Crippen MR) is 69.7 cm³/mol. The van der Waals surface area contributed by atoms with Crippen LogP contribution in [0.15, 0.2) is 36.4 Å². The molecule has 0 saturated heterocycles. The van der Waals surface area contributed by atoms with Crippen LogP contribution in [-0.2, 0) is 0 Å². The molecule has 0 aliphatic heterocycles. The van der Waals surface area contributed by atoms with E-state index in [0.717, 1.165) is 12.1 Å². The maximum Gasteiger partial charge on any atom is 0.312 e. The van der Waals surface area contributed by atoms with Crippen molar-refractivity contribution in [3.8, 4) is 17.6 Å². The van der Waals surface area contributed by atoms with Gasteiger partial charge in [-0.25, -0.2) is 4.39 Å². The molecule has 0 N–H and O–H groups in total. The molecule has 0 amide bonds. The highest BCUT2D eigenvalue weighted by Crippen LogP contribution is 2.33. The smallest absolute Gasteiger partial charge is 0.312 e. The predicted octanol–water partition coefficient (Wildman–Crippen LogP) is 3.21. The second-order valence-corrected chi connectivity index (χ2v) is 3.92. The summed E-state index contributed by atoms with van der Waals surface area (Å²) in [5.74, 6) is -1.12. The first-order chi connectivity index (χ1) is 10.1. The summed E-state index contributed by atoms with van der Waals surface area (Å²) in [6, 6.07) is 9.05. The molecule has 2 rings (SSSR count). The first kappa shape index (κ1) is 14.1. The van der Waals surface area contributed by atoms with Crippen molar-refractivity contribution in [3.63, 3.8) is 0 Å². The summed E-state index contributed by atoms with van der Waals surface area (Å²) in [6.07, 6.45) is 0.264. The van der Waals surface area contributed by atoms with Gasteiger partial charge >= 0.3 is 5.69 Å². The fraction of sp³-hybridized carbons (Fsp3) is 0. The van der Waals surface area contributed by atoms with E-state index in [-0.39, 0.29) is 28.9 Å². The second-order valence-electron chi connectivity index (χ2n) is 3.92. The van der Waals surface area contributed by atoms with Gasteiger partial charge in [-0.15, -0.1) is 0 Å². The third kappa shape index (κ3) is 2.84. The van der Waals surface area contributed by atoms with Gasteiger partial charge in [-0.05, 0) is 24.3 Å². The number of rotatable bonds is 4. The largest absolute Gasteiger partial charge is 0.449 e. The van der Waals surface area contributed by atoms with E-state index < -0.39 is 16.4 Å². The number of nitriles is 1. The van der Waals surface area contributed by atoms with Gasteiger partial charge in [0.2, 0.25) is 5.75 Å². The minimum Gasteiger partial charge on any atom is -0.449 e. The summed E-state index contributed by atoms with van der Waals surface area (Å²) >= 11 is 0. The van der Waals surface area contributed by atoms with Crippen LogP contribution in [0.5, 0.6) is 11.5 Å². The number of carbonyl (C=O) groups is 1. The van der Waals surface area contributed by atoms with E-state index in [2.05, 4.69) is 0 Å². The molecule has 0 saturated carbocycles. The van der Waals surface area contributed by atoms with Gasteiger partial charge in [0.15, 0.2) is 6.29 Å². The molecule has 0 aromatic heterocycles. The Hall–Kier alpha value is -3.27. The molecule has 0 aliphatic carbocycles. The number of hydrogen-bond donors (Lipinski definition) is 0. The number of nitro groups is 1. The lowest BCUT2D eigenvalue weighted by atomic mass is 10.2. The standard InChI is InChI=1S/C14H7FN2O4/c15-11-2-1-3-13(10(11)8-18)21-14-5-4-9(7-16)6-12(14)17(19)20/h1-6,8H. The Morgan fingerprint density at radius 2 is 2.05 bits per heavy atom. The summed E-state index contributed by atoms with van der Waals surface area (Å²) in [5.41, 5.74) is -0.699. The topological polar surface area (TPSA) is 93.2 Å². The summed E-state index contributed by atoms with van der Waals surface area (Å²) in [6.45, 7) is 0. The van der Waals surface area contributed by atoms with Crippen LogP contribution in [0.3, 0.4) is 0 Å². The van der Waals surface area contributed by atoms with Crippen LogP contribution in [-0.4, -0.2) is 11.2 Å². The van der Waals surface area contributed by atoms with E-state index in [9.17, 15) is 19.3 Å². The van der Waals surface area contributed by atoms with Crippen molar-refractivity contribution in [2.45, 2.75) is 0 Å². The van der Waals surface area contributed by atoms with E-state index in [1.54, 1.807) is 6.07 Å². The Balaban J connectivity index is 2.50. The molecule has 6 nitrogen and oxygen atoms in total. The first-order valence-electron chi connectivity index (χ1n) is 5.67. The van der Waals surface area contributed by atoms with Gasteiger partial charge < -0.3 is 4.74 Å². The molecule has 0 unspecified atom stereocenters. The van der Waals surface area contributed by atoms with Gasteiger partial charge in [0, 0.05) is 6.07 Å². The quantitative estimate of drug-likeness (QED) is 0.488. The van der Waals surface area contributed by atoms with Crippen molar-refractivity contribution in [1.29, 1.82) is 5.26 Å². The molecule has 0 radical (unpaired) electrons. The molecule has 2 aromatic carbocycles. The number of ether oxygens (including phenoxy) is 1. The Bertz CT molecular complexity index is 768. The van der Waals surface area contributed by atoms with Crippen molar-refractivity contribution in [2.75, 3.05) is 0 Å². The average Bonchev–Trinajstić information content (AvgIpc) is 2.47. The number of carbonyl (C=O) groups excluding carboxylic acids is 1. The SMILES string of the molecule is N#Cc1ccc(Oc2cccc(F)c2C=O)c([N+](=O)[O-])c1. The Morgan fingerprint density at radius 1 is 1.29 bits per heavy atom. The molecule has 0 fully saturated rings. The highest BCUT2D eigenvalue weighted by molar-refractivity contribution is 5.80. The molecule has 104 valence electrons. The number of nitrogens with zero attached hydrogens (tertiary/aromatic N) is 2. The van der Waals surface area contributed by atoms with Gasteiger partial charge in [-0.3, -0.25) is 14.9 Å². The minimum atomic E-state index is -0.793. The van der Waals surface area contributed by atoms with Gasteiger partial charge in [0.05, 0.1) is 22.1 Å². The van der Waals surface area contributed by atoms with Crippen LogP contribution >= 0.6 is 0 Å². The molecule has 7 heteroatoms. The van der Waals surface area contributed by atoms with Crippen LogP contribution in [0.1, 0.15) is 15.9 Å². The van der Waals surface area contributed by atoms with Gasteiger partial charge in [-0.1, -0.05) is 6.07 Å². The zero-order valence-electron chi connectivity index (χ0n) is 10.4. The Kier molecular flexibility index (Phi) is 3.90. The van der Waals surface area contributed by atoms with Crippen molar-refractivity contribution in [1.82, 2.24) is 0 Å². The van der Waals surface area contributed by atoms with E-state index >= 15 is 0 Å². The monoisotopic (exact) mass is 286 g/mol. The maximum absolute atomic E-state index is 13.4. The minimum absolute atomic E-state index is 0.0869. The zero-order valence-corrected chi connectivity index (χ0v) is 10.4. The number of hydrogen-bond acceptors (Lipinski definition) is 5. The highest BCUT2D eigenvalue weighted by Gasteiger charge is 2.19. The molecule has 0 spiro atoms. The van der Waals surface area contributed by atoms with Crippen LogP contribution in [0.25, 0.3) is 0 Å². The molecular weight excluding hydrogens is 279 g/mol. The molecule has 0 heterocycles. The number of halogens is 1. The first-order valence-corrected chi connectivity index (χ1v) is 5.67. The lowest BCUT2D eigenvalue weighted by molar-refractivity contribution is -0.385. The molecule has 0 atom stereocenters. The van der Waals surface area contributed by atoms with Crippen LogP contribution in [0, 0.1) is 27.3 Å². The molecule has 21 heavy (non-hydrogen) atoms. The van der Waals surface area contributed by atoms with E-state index in [0.29, 0.717) is 0 Å². The van der Waals surface area contributed by atoms with Crippen molar-refractivity contribution < 1.29 is 18.8 Å². The van der Waals surface area contributed by atoms with E-state index in [4.69, 9.17) is 10.00 Å². The van der Waals surface area contributed by atoms with Gasteiger partial charge in [0.1, 0.15) is 11.6 Å². The lowest BCUT2D eigenvalue weighted by Crippen LogP contribution is -1.97. The zero-order chi connectivity index (χ0) is 15.4. The fourth-order valence-electron chi connectivity index (χ4n) is 1.65. The molecule has 2 aromatic rings. The van der Waals surface area contributed by atoms with Crippen molar-refractivity contribution >= 4 is 12.0 Å². The van der Waals surface area contributed by atoms with Crippen molar-refractivity contribution in [2.24, 2.45) is 0 Å². The number of nitro benzene ring substituents is 1. The average molecular weight is 286 g/mol. The van der Waals surface area contributed by atoms with Crippen molar-refractivity contribution in [3.05, 3.63) is 63.5 Å². The maximum atomic E-state index is 13.4.